The van der Waals surface area contributed by atoms with Gasteiger partial charge >= 0.3 is 5.97 Å². The van der Waals surface area contributed by atoms with Crippen LogP contribution in [0.5, 0.6) is 0 Å². The fourth-order valence-electron chi connectivity index (χ4n) is 2.81. The van der Waals surface area contributed by atoms with Crippen molar-refractivity contribution in [3.05, 3.63) is 51.3 Å². The standard InChI is InChI=1S/C20H17BrFNO4S2/c21-12-5-7-15(22)14(10-12)16-8-6-13(27-16)11-17-19(26)23(20(28)29-17)9-3-1-2-4-18(24)25/h5-8,10-11H,1-4,9H2,(H,24,25). The molecule has 0 spiro atoms. The lowest BCUT2D eigenvalue weighted by Gasteiger charge is -2.13. The number of rotatable bonds is 8. The van der Waals surface area contributed by atoms with Crippen LogP contribution >= 0.6 is 39.9 Å². The van der Waals surface area contributed by atoms with E-state index < -0.39 is 11.8 Å². The number of thiocarbonyl (C=S) groups is 1. The normalized spacial score (nSPS) is 15.5. The van der Waals surface area contributed by atoms with E-state index in [0.717, 1.165) is 4.47 Å². The summed E-state index contributed by atoms with van der Waals surface area (Å²) < 4.78 is 20.9. The zero-order chi connectivity index (χ0) is 21.0. The Balaban J connectivity index is 1.66. The van der Waals surface area contributed by atoms with E-state index in [1.807, 2.05) is 0 Å². The Morgan fingerprint density at radius 3 is 2.83 bits per heavy atom. The van der Waals surface area contributed by atoms with Gasteiger partial charge in [-0.15, -0.1) is 0 Å². The number of thioether (sulfide) groups is 1. The Kier molecular flexibility index (Phi) is 7.26. The minimum absolute atomic E-state index is 0.123. The van der Waals surface area contributed by atoms with Crippen molar-refractivity contribution in [3.63, 3.8) is 0 Å². The highest BCUT2D eigenvalue weighted by molar-refractivity contribution is 9.10. The first-order chi connectivity index (χ1) is 13.8. The van der Waals surface area contributed by atoms with Gasteiger partial charge in [0.2, 0.25) is 0 Å². The van der Waals surface area contributed by atoms with Gasteiger partial charge in [0, 0.05) is 23.5 Å². The Hall–Kier alpha value is -1.97. The lowest BCUT2D eigenvalue weighted by atomic mass is 10.1. The minimum Gasteiger partial charge on any atom is -0.481 e. The quantitative estimate of drug-likeness (QED) is 0.286. The minimum atomic E-state index is -0.820. The van der Waals surface area contributed by atoms with E-state index in [9.17, 15) is 14.0 Å². The maximum absolute atomic E-state index is 14.0. The van der Waals surface area contributed by atoms with Gasteiger partial charge in [-0.1, -0.05) is 46.3 Å². The van der Waals surface area contributed by atoms with Crippen molar-refractivity contribution < 1.29 is 23.5 Å². The molecule has 3 rings (SSSR count). The molecule has 1 aliphatic heterocycles. The fourth-order valence-corrected chi connectivity index (χ4v) is 4.46. The van der Waals surface area contributed by atoms with E-state index in [0.29, 0.717) is 52.1 Å². The molecule has 9 heteroatoms. The third kappa shape index (κ3) is 5.55. The number of unbranched alkanes of at least 4 members (excludes halogenated alkanes) is 2. The van der Waals surface area contributed by atoms with Crippen LogP contribution in [0, 0.1) is 5.82 Å². The Morgan fingerprint density at radius 2 is 2.07 bits per heavy atom. The third-order valence-electron chi connectivity index (χ3n) is 4.24. The molecule has 1 saturated heterocycles. The molecule has 1 aliphatic rings. The van der Waals surface area contributed by atoms with E-state index in [4.69, 9.17) is 21.7 Å². The van der Waals surface area contributed by atoms with Gasteiger partial charge in [0.05, 0.1) is 10.5 Å². The number of furan rings is 1. The molecule has 0 atom stereocenters. The van der Waals surface area contributed by atoms with Crippen LogP contribution < -0.4 is 0 Å². The van der Waals surface area contributed by atoms with Crippen molar-refractivity contribution in [3.8, 4) is 11.3 Å². The second-order valence-electron chi connectivity index (χ2n) is 6.36. The highest BCUT2D eigenvalue weighted by Crippen LogP contribution is 2.34. The van der Waals surface area contributed by atoms with Crippen LogP contribution in [0.15, 0.2) is 44.1 Å². The number of hydrogen-bond acceptors (Lipinski definition) is 5. The van der Waals surface area contributed by atoms with Crippen LogP contribution in [-0.4, -0.2) is 32.7 Å². The number of halogens is 2. The average Bonchev–Trinajstić information content (AvgIpc) is 3.23. The molecule has 2 aromatic rings. The lowest BCUT2D eigenvalue weighted by Crippen LogP contribution is -2.29. The molecule has 0 saturated carbocycles. The summed E-state index contributed by atoms with van der Waals surface area (Å²) in [6.45, 7) is 0.453. The number of amides is 1. The smallest absolute Gasteiger partial charge is 0.303 e. The van der Waals surface area contributed by atoms with E-state index >= 15 is 0 Å². The average molecular weight is 498 g/mol. The first-order valence-electron chi connectivity index (χ1n) is 8.87. The summed E-state index contributed by atoms with van der Waals surface area (Å²) in [6.07, 6.45) is 3.68. The fraction of sp³-hybridized carbons (Fsp3) is 0.250. The van der Waals surface area contributed by atoms with Crippen molar-refractivity contribution in [2.75, 3.05) is 6.54 Å². The molecular formula is C20H17BrFNO4S2. The Morgan fingerprint density at radius 1 is 1.28 bits per heavy atom. The van der Waals surface area contributed by atoms with Crippen molar-refractivity contribution in [1.29, 1.82) is 0 Å². The number of carboxylic acids is 1. The molecule has 0 unspecified atom stereocenters. The van der Waals surface area contributed by atoms with Crippen LogP contribution in [0.25, 0.3) is 17.4 Å². The van der Waals surface area contributed by atoms with E-state index in [2.05, 4.69) is 15.9 Å². The second-order valence-corrected chi connectivity index (χ2v) is 8.96. The number of carboxylic acid groups (broad SMARTS) is 1. The van der Waals surface area contributed by atoms with Gasteiger partial charge < -0.3 is 9.52 Å². The van der Waals surface area contributed by atoms with Gasteiger partial charge in [-0.3, -0.25) is 14.5 Å². The van der Waals surface area contributed by atoms with Crippen LogP contribution in [0.2, 0.25) is 0 Å². The molecule has 0 radical (unpaired) electrons. The zero-order valence-corrected chi connectivity index (χ0v) is 18.4. The first kappa shape index (κ1) is 21.7. The summed E-state index contributed by atoms with van der Waals surface area (Å²) >= 11 is 9.79. The van der Waals surface area contributed by atoms with Gasteiger partial charge in [0.1, 0.15) is 21.7 Å². The number of carbonyl (C=O) groups excluding carboxylic acids is 1. The van der Waals surface area contributed by atoms with Crippen LogP contribution in [-0.2, 0) is 9.59 Å². The van der Waals surface area contributed by atoms with E-state index in [1.54, 1.807) is 30.3 Å². The van der Waals surface area contributed by atoms with Crippen LogP contribution in [0.4, 0.5) is 4.39 Å². The summed E-state index contributed by atoms with van der Waals surface area (Å²) in [5.74, 6) is -0.627. The molecule has 2 heterocycles. The monoisotopic (exact) mass is 497 g/mol. The molecule has 1 amide bonds. The molecule has 1 fully saturated rings. The highest BCUT2D eigenvalue weighted by Gasteiger charge is 2.31. The van der Waals surface area contributed by atoms with Crippen molar-refractivity contribution in [2.45, 2.75) is 25.7 Å². The number of nitrogens with zero attached hydrogens (tertiary/aromatic N) is 1. The van der Waals surface area contributed by atoms with E-state index in [1.165, 1.54) is 22.7 Å². The van der Waals surface area contributed by atoms with Crippen molar-refractivity contribution in [1.82, 2.24) is 4.90 Å². The Labute approximate surface area is 185 Å². The molecule has 5 nitrogen and oxygen atoms in total. The second kappa shape index (κ2) is 9.69. The van der Waals surface area contributed by atoms with Crippen molar-refractivity contribution >= 4 is 62.2 Å². The molecular weight excluding hydrogens is 481 g/mol. The number of aliphatic carboxylic acids is 1. The van der Waals surface area contributed by atoms with Gasteiger partial charge in [0.15, 0.2) is 0 Å². The highest BCUT2D eigenvalue weighted by atomic mass is 79.9. The Bertz CT molecular complexity index is 989. The van der Waals surface area contributed by atoms with Gasteiger partial charge in [0.25, 0.3) is 5.91 Å². The van der Waals surface area contributed by atoms with Crippen molar-refractivity contribution in [2.24, 2.45) is 0 Å². The largest absolute Gasteiger partial charge is 0.481 e. The SMILES string of the molecule is O=C(O)CCCCCN1C(=O)C(=Cc2ccc(-c3cc(Br)ccc3F)o2)SC1=S. The summed E-state index contributed by atoms with van der Waals surface area (Å²) in [4.78, 5) is 25.1. The predicted molar refractivity (Wildman–Crippen MR) is 118 cm³/mol. The number of hydrogen-bond donors (Lipinski definition) is 1. The molecule has 1 aromatic carbocycles. The molecule has 29 heavy (non-hydrogen) atoms. The summed E-state index contributed by atoms with van der Waals surface area (Å²) in [5, 5.41) is 8.66. The maximum atomic E-state index is 14.0. The van der Waals surface area contributed by atoms with Crippen LogP contribution in [0.3, 0.4) is 0 Å². The molecule has 0 bridgehead atoms. The first-order valence-corrected chi connectivity index (χ1v) is 10.9. The van der Waals surface area contributed by atoms with E-state index in [-0.39, 0.29) is 12.3 Å². The molecule has 1 aromatic heterocycles. The van der Waals surface area contributed by atoms with Gasteiger partial charge in [-0.25, -0.2) is 4.39 Å². The van der Waals surface area contributed by atoms with Crippen LogP contribution in [0.1, 0.15) is 31.4 Å². The number of benzene rings is 1. The topological polar surface area (TPSA) is 70.8 Å². The summed E-state index contributed by atoms with van der Waals surface area (Å²) in [5.41, 5.74) is 0.327. The lowest BCUT2D eigenvalue weighted by molar-refractivity contribution is -0.137. The predicted octanol–water partition coefficient (Wildman–Crippen LogP) is 5.69. The third-order valence-corrected chi connectivity index (χ3v) is 6.11. The van der Waals surface area contributed by atoms with Gasteiger partial charge in [-0.2, -0.15) is 0 Å². The summed E-state index contributed by atoms with van der Waals surface area (Å²) in [6, 6.07) is 7.91. The number of carbonyl (C=O) groups is 2. The maximum Gasteiger partial charge on any atom is 0.303 e. The zero-order valence-electron chi connectivity index (χ0n) is 15.2. The van der Waals surface area contributed by atoms with Gasteiger partial charge in [-0.05, 0) is 43.2 Å². The molecule has 1 N–H and O–H groups in total. The molecule has 152 valence electrons. The summed E-state index contributed by atoms with van der Waals surface area (Å²) in [7, 11) is 0. The molecule has 0 aliphatic carbocycles.